The second kappa shape index (κ2) is 8.13. The maximum atomic E-state index is 12.1. The number of benzene rings is 2. The minimum Gasteiger partial charge on any atom is -0.454 e. The van der Waals surface area contributed by atoms with Crippen molar-refractivity contribution in [3.05, 3.63) is 57.1 Å². The number of carbonyl (C=O) groups is 1. The van der Waals surface area contributed by atoms with Gasteiger partial charge in [-0.05, 0) is 23.4 Å². The van der Waals surface area contributed by atoms with E-state index in [-0.39, 0.29) is 36.2 Å². The summed E-state index contributed by atoms with van der Waals surface area (Å²) in [5.41, 5.74) is 2.74. The van der Waals surface area contributed by atoms with E-state index >= 15 is 0 Å². The number of nitrogens with zero attached hydrogens (tertiary/aromatic N) is 6. The number of ether oxygens (including phenoxy) is 2. The van der Waals surface area contributed by atoms with Gasteiger partial charge in [-0.15, -0.1) is 10.2 Å². The van der Waals surface area contributed by atoms with Crippen LogP contribution in [0.25, 0.3) is 11.4 Å². The number of aromatic nitrogens is 4. The van der Waals surface area contributed by atoms with Gasteiger partial charge in [0.1, 0.15) is 6.54 Å². The number of hydrogen-bond donors (Lipinski definition) is 1. The number of tetrazole rings is 1. The van der Waals surface area contributed by atoms with Crippen molar-refractivity contribution in [1.29, 1.82) is 0 Å². The Hall–Kier alpha value is -4.06. The van der Waals surface area contributed by atoms with Gasteiger partial charge >= 0.3 is 0 Å². The monoisotopic (exact) mass is 429 g/mol. The Balaban J connectivity index is 1.42. The zero-order chi connectivity index (χ0) is 21.1. The van der Waals surface area contributed by atoms with Gasteiger partial charge in [0, 0.05) is 5.56 Å². The third kappa shape index (κ3) is 4.03. The fourth-order valence-corrected chi connectivity index (χ4v) is 2.83. The van der Waals surface area contributed by atoms with E-state index in [0.717, 1.165) is 11.0 Å². The topological polar surface area (TPSA) is 147 Å². The number of carbonyl (C=O) groups excluding carboxylic acids is 1. The Labute approximate surface area is 173 Å². The van der Waals surface area contributed by atoms with Crippen LogP contribution in [-0.2, 0) is 11.3 Å². The molecule has 1 aliphatic heterocycles. The summed E-state index contributed by atoms with van der Waals surface area (Å²) in [5.74, 6) is 0.340. The minimum absolute atomic E-state index is 0.0229. The molecule has 0 spiro atoms. The lowest BCUT2D eigenvalue weighted by atomic mass is 10.1. The van der Waals surface area contributed by atoms with Crippen molar-refractivity contribution < 1.29 is 19.2 Å². The summed E-state index contributed by atoms with van der Waals surface area (Å²) in [5, 5.41) is 27.2. The Bertz CT molecular complexity index is 1160. The maximum absolute atomic E-state index is 12.1. The first-order valence-corrected chi connectivity index (χ1v) is 8.81. The summed E-state index contributed by atoms with van der Waals surface area (Å²) in [6.45, 7) is -0.289. The van der Waals surface area contributed by atoms with Crippen molar-refractivity contribution in [2.75, 3.05) is 6.79 Å². The smallest absolute Gasteiger partial charge is 0.282 e. The van der Waals surface area contributed by atoms with E-state index < -0.39 is 10.8 Å². The van der Waals surface area contributed by atoms with E-state index in [9.17, 15) is 14.9 Å². The van der Waals surface area contributed by atoms with Gasteiger partial charge in [-0.1, -0.05) is 23.7 Å². The number of nitrogens with one attached hydrogen (secondary N) is 1. The summed E-state index contributed by atoms with van der Waals surface area (Å²) in [7, 11) is 0. The molecular formula is C17H12ClN7O5. The minimum atomic E-state index is -0.583. The molecule has 13 heteroatoms. The zero-order valence-corrected chi connectivity index (χ0v) is 15.8. The average Bonchev–Trinajstić information content (AvgIpc) is 3.36. The quantitative estimate of drug-likeness (QED) is 0.354. The third-order valence-electron chi connectivity index (χ3n) is 3.96. The fraction of sp³-hybridized carbons (Fsp3) is 0.118. The number of rotatable bonds is 6. The molecule has 0 fully saturated rings. The van der Waals surface area contributed by atoms with Crippen LogP contribution in [0, 0.1) is 10.1 Å². The molecule has 1 aromatic heterocycles. The predicted octanol–water partition coefficient (Wildman–Crippen LogP) is 1.78. The SMILES string of the molecule is O=C(Cn1nnc(-c2ccccc2Cl)n1)N/N=C\c1cc2c(cc1[N+](=O)[O-])OCO2. The third-order valence-corrected chi connectivity index (χ3v) is 4.29. The molecule has 0 saturated heterocycles. The van der Waals surface area contributed by atoms with Crippen molar-refractivity contribution in [1.82, 2.24) is 25.6 Å². The summed E-state index contributed by atoms with van der Waals surface area (Å²) in [6.07, 6.45) is 1.14. The molecule has 2 heterocycles. The van der Waals surface area contributed by atoms with Gasteiger partial charge in [-0.25, -0.2) is 5.43 Å². The second-order valence-electron chi connectivity index (χ2n) is 5.94. The molecule has 0 unspecified atom stereocenters. The molecule has 2 aromatic carbocycles. The van der Waals surface area contributed by atoms with Gasteiger partial charge in [0.2, 0.25) is 12.6 Å². The van der Waals surface area contributed by atoms with Crippen LogP contribution in [0.2, 0.25) is 5.02 Å². The number of fused-ring (bicyclic) bond motifs is 1. The highest BCUT2D eigenvalue weighted by Crippen LogP contribution is 2.37. The average molecular weight is 430 g/mol. The molecule has 0 saturated carbocycles. The lowest BCUT2D eigenvalue weighted by molar-refractivity contribution is -0.385. The molecule has 0 atom stereocenters. The molecule has 30 heavy (non-hydrogen) atoms. The van der Waals surface area contributed by atoms with Gasteiger partial charge in [0.05, 0.1) is 27.8 Å². The van der Waals surface area contributed by atoms with Gasteiger partial charge in [0.15, 0.2) is 11.5 Å². The summed E-state index contributed by atoms with van der Waals surface area (Å²) in [4.78, 5) is 23.8. The normalized spacial score (nSPS) is 12.3. The van der Waals surface area contributed by atoms with Crippen LogP contribution in [0.15, 0.2) is 41.5 Å². The Morgan fingerprint density at radius 2 is 2.10 bits per heavy atom. The van der Waals surface area contributed by atoms with Gasteiger partial charge in [-0.2, -0.15) is 9.90 Å². The number of hydrazone groups is 1. The second-order valence-corrected chi connectivity index (χ2v) is 6.35. The summed E-state index contributed by atoms with van der Waals surface area (Å²) in [6, 6.07) is 9.61. The molecule has 152 valence electrons. The number of halogens is 1. The zero-order valence-electron chi connectivity index (χ0n) is 15.1. The standard InChI is InChI=1S/C17H12ClN7O5/c18-12-4-2-1-3-11(12)17-21-23-24(22-17)8-16(26)20-19-7-10-5-14-15(30-9-29-14)6-13(10)25(27)28/h1-7H,8-9H2,(H,20,26)/b19-7-. The van der Waals surface area contributed by atoms with Crippen molar-refractivity contribution in [3.8, 4) is 22.9 Å². The highest BCUT2D eigenvalue weighted by atomic mass is 35.5. The maximum Gasteiger partial charge on any atom is 0.282 e. The lowest BCUT2D eigenvalue weighted by Crippen LogP contribution is -2.24. The van der Waals surface area contributed by atoms with Crippen molar-refractivity contribution in [2.45, 2.75) is 6.54 Å². The molecule has 1 amide bonds. The van der Waals surface area contributed by atoms with Gasteiger partial charge < -0.3 is 9.47 Å². The highest BCUT2D eigenvalue weighted by Gasteiger charge is 2.22. The number of nitro benzene ring substituents is 1. The van der Waals surface area contributed by atoms with Gasteiger partial charge in [-0.3, -0.25) is 14.9 Å². The van der Waals surface area contributed by atoms with Crippen LogP contribution < -0.4 is 14.9 Å². The Kier molecular flexibility index (Phi) is 5.22. The van der Waals surface area contributed by atoms with Crippen LogP contribution >= 0.6 is 11.6 Å². The van der Waals surface area contributed by atoms with Crippen LogP contribution in [0.4, 0.5) is 5.69 Å². The molecule has 1 N–H and O–H groups in total. The molecule has 0 aliphatic carbocycles. The van der Waals surface area contributed by atoms with Crippen molar-refractivity contribution in [3.63, 3.8) is 0 Å². The Morgan fingerprint density at radius 3 is 2.87 bits per heavy atom. The molecule has 3 aromatic rings. The van der Waals surface area contributed by atoms with Crippen molar-refractivity contribution >= 4 is 29.4 Å². The molecular weight excluding hydrogens is 418 g/mol. The van der Waals surface area contributed by atoms with Crippen molar-refractivity contribution in [2.24, 2.45) is 5.10 Å². The lowest BCUT2D eigenvalue weighted by Gasteiger charge is -2.01. The molecule has 1 aliphatic rings. The summed E-state index contributed by atoms with van der Waals surface area (Å²) < 4.78 is 10.3. The van der Waals surface area contributed by atoms with E-state index in [2.05, 4.69) is 25.9 Å². The van der Waals surface area contributed by atoms with E-state index in [1.165, 1.54) is 12.1 Å². The Morgan fingerprint density at radius 1 is 1.33 bits per heavy atom. The number of nitro groups is 1. The van der Waals surface area contributed by atoms with E-state index in [4.69, 9.17) is 21.1 Å². The molecule has 0 bridgehead atoms. The van der Waals surface area contributed by atoms with E-state index in [0.29, 0.717) is 16.3 Å². The molecule has 0 radical (unpaired) electrons. The first-order valence-electron chi connectivity index (χ1n) is 8.44. The predicted molar refractivity (Wildman–Crippen MR) is 103 cm³/mol. The van der Waals surface area contributed by atoms with Crippen LogP contribution in [0.5, 0.6) is 11.5 Å². The van der Waals surface area contributed by atoms with Crippen LogP contribution in [0.3, 0.4) is 0 Å². The molecule has 12 nitrogen and oxygen atoms in total. The van der Waals surface area contributed by atoms with Gasteiger partial charge in [0.25, 0.3) is 11.6 Å². The fourth-order valence-electron chi connectivity index (χ4n) is 2.61. The highest BCUT2D eigenvalue weighted by molar-refractivity contribution is 6.33. The first kappa shape index (κ1) is 19.3. The van der Waals surface area contributed by atoms with Crippen LogP contribution in [0.1, 0.15) is 5.56 Å². The van der Waals surface area contributed by atoms with E-state index in [1.807, 2.05) is 0 Å². The number of amides is 1. The molecule has 4 rings (SSSR count). The van der Waals surface area contributed by atoms with Crippen LogP contribution in [-0.4, -0.2) is 44.0 Å². The number of hydrogen-bond acceptors (Lipinski definition) is 9. The largest absolute Gasteiger partial charge is 0.454 e. The summed E-state index contributed by atoms with van der Waals surface area (Å²) >= 11 is 6.09. The van der Waals surface area contributed by atoms with E-state index in [1.54, 1.807) is 24.3 Å². The first-order chi connectivity index (χ1) is 14.5.